The van der Waals surface area contributed by atoms with Gasteiger partial charge in [-0.05, 0) is 30.7 Å². The molecule has 98 valence electrons. The molecule has 0 bridgehead atoms. The number of halogens is 1. The maximum Gasteiger partial charge on any atom is 0.337 e. The fraction of sp³-hybridized carbons (Fsp3) is 0.133. The SMILES string of the molecule is CC(Nc1ccccc1C(=O)O)c1ccccc1Cl. The number of carboxylic acids is 1. The van der Waals surface area contributed by atoms with Gasteiger partial charge in [-0.25, -0.2) is 4.79 Å². The molecule has 1 atom stereocenters. The minimum absolute atomic E-state index is 0.0748. The van der Waals surface area contributed by atoms with Crippen molar-refractivity contribution in [1.29, 1.82) is 0 Å². The first kappa shape index (κ1) is 13.4. The molecule has 0 saturated carbocycles. The van der Waals surface area contributed by atoms with Crippen LogP contribution in [0, 0.1) is 0 Å². The van der Waals surface area contributed by atoms with E-state index in [1.807, 2.05) is 31.2 Å². The molecule has 3 nitrogen and oxygen atoms in total. The van der Waals surface area contributed by atoms with Crippen LogP contribution in [0.4, 0.5) is 5.69 Å². The Kier molecular flexibility index (Phi) is 4.07. The van der Waals surface area contributed by atoms with Crippen molar-refractivity contribution in [3.8, 4) is 0 Å². The lowest BCUT2D eigenvalue weighted by Gasteiger charge is -2.18. The van der Waals surface area contributed by atoms with Gasteiger partial charge < -0.3 is 10.4 Å². The first-order valence-electron chi connectivity index (χ1n) is 5.93. The Morgan fingerprint density at radius 1 is 1.16 bits per heavy atom. The van der Waals surface area contributed by atoms with E-state index in [4.69, 9.17) is 16.7 Å². The lowest BCUT2D eigenvalue weighted by molar-refractivity contribution is 0.0698. The van der Waals surface area contributed by atoms with E-state index in [9.17, 15) is 4.79 Å². The third-order valence-corrected chi connectivity index (χ3v) is 3.25. The smallest absolute Gasteiger partial charge is 0.337 e. The van der Waals surface area contributed by atoms with Gasteiger partial charge >= 0.3 is 5.97 Å². The molecule has 0 aromatic heterocycles. The van der Waals surface area contributed by atoms with E-state index >= 15 is 0 Å². The monoisotopic (exact) mass is 275 g/mol. The Morgan fingerprint density at radius 3 is 2.47 bits per heavy atom. The highest BCUT2D eigenvalue weighted by Gasteiger charge is 2.13. The van der Waals surface area contributed by atoms with Crippen molar-refractivity contribution in [1.82, 2.24) is 0 Å². The second-order valence-corrected chi connectivity index (χ2v) is 4.65. The average Bonchev–Trinajstić information content (AvgIpc) is 2.39. The molecule has 2 rings (SSSR count). The number of aromatic carboxylic acids is 1. The van der Waals surface area contributed by atoms with Crippen LogP contribution in [0.1, 0.15) is 28.9 Å². The van der Waals surface area contributed by atoms with E-state index in [2.05, 4.69) is 5.32 Å². The van der Waals surface area contributed by atoms with E-state index in [0.29, 0.717) is 10.7 Å². The van der Waals surface area contributed by atoms with Gasteiger partial charge in [-0.2, -0.15) is 0 Å². The van der Waals surface area contributed by atoms with Gasteiger partial charge in [0.2, 0.25) is 0 Å². The molecule has 4 heteroatoms. The number of benzene rings is 2. The molecular formula is C15H14ClNO2. The van der Waals surface area contributed by atoms with Crippen LogP contribution in [-0.2, 0) is 0 Å². The van der Waals surface area contributed by atoms with Gasteiger partial charge in [0.05, 0.1) is 11.6 Å². The number of carbonyl (C=O) groups is 1. The molecular weight excluding hydrogens is 262 g/mol. The summed E-state index contributed by atoms with van der Waals surface area (Å²) < 4.78 is 0. The highest BCUT2D eigenvalue weighted by atomic mass is 35.5. The molecule has 2 aromatic rings. The predicted molar refractivity (Wildman–Crippen MR) is 76.9 cm³/mol. The first-order valence-corrected chi connectivity index (χ1v) is 6.30. The fourth-order valence-electron chi connectivity index (χ4n) is 1.93. The van der Waals surface area contributed by atoms with Crippen molar-refractivity contribution in [2.45, 2.75) is 13.0 Å². The molecule has 0 aliphatic carbocycles. The van der Waals surface area contributed by atoms with Crippen molar-refractivity contribution >= 4 is 23.3 Å². The number of para-hydroxylation sites is 1. The van der Waals surface area contributed by atoms with Gasteiger partial charge in [0.15, 0.2) is 0 Å². The molecule has 1 unspecified atom stereocenters. The molecule has 0 spiro atoms. The largest absolute Gasteiger partial charge is 0.478 e. The van der Waals surface area contributed by atoms with Crippen LogP contribution in [0.3, 0.4) is 0 Å². The number of hydrogen-bond donors (Lipinski definition) is 2. The van der Waals surface area contributed by atoms with Crippen molar-refractivity contribution in [3.63, 3.8) is 0 Å². The molecule has 0 aliphatic rings. The minimum atomic E-state index is -0.950. The van der Waals surface area contributed by atoms with Gasteiger partial charge in [0, 0.05) is 10.7 Å². The summed E-state index contributed by atoms with van der Waals surface area (Å²) in [7, 11) is 0. The molecule has 0 fully saturated rings. The van der Waals surface area contributed by atoms with Crippen LogP contribution in [0.5, 0.6) is 0 Å². The van der Waals surface area contributed by atoms with E-state index in [0.717, 1.165) is 5.56 Å². The fourth-order valence-corrected chi connectivity index (χ4v) is 2.23. The third kappa shape index (κ3) is 3.06. The molecule has 2 aromatic carbocycles. The maximum absolute atomic E-state index is 11.1. The lowest BCUT2D eigenvalue weighted by atomic mass is 10.1. The topological polar surface area (TPSA) is 49.3 Å². The summed E-state index contributed by atoms with van der Waals surface area (Å²) in [6.45, 7) is 1.94. The van der Waals surface area contributed by atoms with Crippen molar-refractivity contribution in [2.24, 2.45) is 0 Å². The lowest BCUT2D eigenvalue weighted by Crippen LogP contribution is -2.10. The maximum atomic E-state index is 11.1. The van der Waals surface area contributed by atoms with E-state index in [1.165, 1.54) is 0 Å². The summed E-state index contributed by atoms with van der Waals surface area (Å²) in [5.74, 6) is -0.950. The second-order valence-electron chi connectivity index (χ2n) is 4.24. The van der Waals surface area contributed by atoms with E-state index in [-0.39, 0.29) is 11.6 Å². The standard InChI is InChI=1S/C15H14ClNO2/c1-10(11-6-2-4-8-13(11)16)17-14-9-5-3-7-12(14)15(18)19/h2-10,17H,1H3,(H,18,19). The third-order valence-electron chi connectivity index (χ3n) is 2.90. The van der Waals surface area contributed by atoms with Crippen LogP contribution in [0.2, 0.25) is 5.02 Å². The zero-order valence-electron chi connectivity index (χ0n) is 10.4. The van der Waals surface area contributed by atoms with Gasteiger partial charge in [0.25, 0.3) is 0 Å². The Morgan fingerprint density at radius 2 is 1.79 bits per heavy atom. The minimum Gasteiger partial charge on any atom is -0.478 e. The Bertz CT molecular complexity index is 598. The molecule has 0 aliphatic heterocycles. The number of anilines is 1. The van der Waals surface area contributed by atoms with Crippen LogP contribution >= 0.6 is 11.6 Å². The van der Waals surface area contributed by atoms with Gasteiger partial charge in [0.1, 0.15) is 0 Å². The summed E-state index contributed by atoms with van der Waals surface area (Å²) >= 11 is 6.13. The van der Waals surface area contributed by atoms with Gasteiger partial charge in [-0.1, -0.05) is 41.9 Å². The summed E-state index contributed by atoms with van der Waals surface area (Å²) in [5.41, 5.74) is 1.77. The van der Waals surface area contributed by atoms with E-state index < -0.39 is 5.97 Å². The quantitative estimate of drug-likeness (QED) is 0.879. The first-order chi connectivity index (χ1) is 9.09. The van der Waals surface area contributed by atoms with Crippen LogP contribution in [-0.4, -0.2) is 11.1 Å². The van der Waals surface area contributed by atoms with Crippen molar-refractivity contribution in [2.75, 3.05) is 5.32 Å². The molecule has 0 heterocycles. The predicted octanol–water partition coefficient (Wildman–Crippen LogP) is 4.21. The van der Waals surface area contributed by atoms with Crippen molar-refractivity contribution in [3.05, 3.63) is 64.7 Å². The average molecular weight is 276 g/mol. The summed E-state index contributed by atoms with van der Waals surface area (Å²) in [6, 6.07) is 14.3. The molecule has 2 N–H and O–H groups in total. The number of rotatable bonds is 4. The summed E-state index contributed by atoms with van der Waals surface area (Å²) in [5, 5.41) is 13.0. The number of hydrogen-bond acceptors (Lipinski definition) is 2. The van der Waals surface area contributed by atoms with Gasteiger partial charge in [-0.3, -0.25) is 0 Å². The zero-order valence-corrected chi connectivity index (χ0v) is 11.2. The summed E-state index contributed by atoms with van der Waals surface area (Å²) in [4.78, 5) is 11.1. The number of carboxylic acid groups (broad SMARTS) is 1. The van der Waals surface area contributed by atoms with Crippen molar-refractivity contribution < 1.29 is 9.90 Å². The summed E-state index contributed by atoms with van der Waals surface area (Å²) in [6.07, 6.45) is 0. The highest BCUT2D eigenvalue weighted by Crippen LogP contribution is 2.27. The Hall–Kier alpha value is -2.00. The molecule has 0 radical (unpaired) electrons. The van der Waals surface area contributed by atoms with Gasteiger partial charge in [-0.15, -0.1) is 0 Å². The van der Waals surface area contributed by atoms with Crippen LogP contribution < -0.4 is 5.32 Å². The molecule has 0 amide bonds. The molecule has 19 heavy (non-hydrogen) atoms. The van der Waals surface area contributed by atoms with E-state index in [1.54, 1.807) is 24.3 Å². The molecule has 0 saturated heterocycles. The van der Waals surface area contributed by atoms with Crippen LogP contribution in [0.25, 0.3) is 0 Å². The Balaban J connectivity index is 2.27. The highest BCUT2D eigenvalue weighted by molar-refractivity contribution is 6.31. The second kappa shape index (κ2) is 5.76. The van der Waals surface area contributed by atoms with Crippen LogP contribution in [0.15, 0.2) is 48.5 Å². The Labute approximate surface area is 116 Å². The normalized spacial score (nSPS) is 11.9. The zero-order chi connectivity index (χ0) is 13.8. The number of nitrogens with one attached hydrogen (secondary N) is 1.